The van der Waals surface area contributed by atoms with E-state index in [1.54, 1.807) is 0 Å². The summed E-state index contributed by atoms with van der Waals surface area (Å²) in [5.41, 5.74) is 0.422. The molecule has 1 saturated carbocycles. The van der Waals surface area contributed by atoms with Gasteiger partial charge in [0.15, 0.2) is 0 Å². The van der Waals surface area contributed by atoms with E-state index in [4.69, 9.17) is 0 Å². The summed E-state index contributed by atoms with van der Waals surface area (Å²) in [4.78, 5) is 12.1. The highest BCUT2D eigenvalue weighted by Gasteiger charge is 2.45. The zero-order valence-electron chi connectivity index (χ0n) is 13.2. The first-order valence-electron chi connectivity index (χ1n) is 8.01. The van der Waals surface area contributed by atoms with Crippen LogP contribution in [0, 0.1) is 23.2 Å². The van der Waals surface area contributed by atoms with Crippen molar-refractivity contribution >= 4 is 18.3 Å². The molecule has 1 saturated heterocycles. The molecule has 2 aliphatic rings. The van der Waals surface area contributed by atoms with Crippen LogP contribution in [-0.2, 0) is 4.79 Å². The molecule has 118 valence electrons. The lowest BCUT2D eigenvalue weighted by atomic mass is 9.85. The van der Waals surface area contributed by atoms with Gasteiger partial charge in [0.05, 0.1) is 0 Å². The van der Waals surface area contributed by atoms with Crippen LogP contribution >= 0.6 is 12.4 Å². The fraction of sp³-hybridized carbons (Fsp3) is 0.938. The Labute approximate surface area is 130 Å². The van der Waals surface area contributed by atoms with E-state index in [0.717, 1.165) is 19.6 Å². The highest BCUT2D eigenvalue weighted by atomic mass is 35.5. The summed E-state index contributed by atoms with van der Waals surface area (Å²) in [6.07, 6.45) is 5.80. The first kappa shape index (κ1) is 17.8. The summed E-state index contributed by atoms with van der Waals surface area (Å²) < 4.78 is 0. The molecule has 1 amide bonds. The third-order valence-corrected chi connectivity index (χ3v) is 5.40. The minimum absolute atomic E-state index is 0. The lowest BCUT2D eigenvalue weighted by Gasteiger charge is -2.28. The second kappa shape index (κ2) is 7.65. The molecule has 2 rings (SSSR count). The summed E-state index contributed by atoms with van der Waals surface area (Å²) in [6, 6.07) is 0. The predicted molar refractivity (Wildman–Crippen MR) is 86.1 cm³/mol. The number of halogens is 1. The monoisotopic (exact) mass is 302 g/mol. The molecule has 20 heavy (non-hydrogen) atoms. The van der Waals surface area contributed by atoms with Crippen molar-refractivity contribution in [2.24, 2.45) is 23.2 Å². The summed E-state index contributed by atoms with van der Waals surface area (Å²) >= 11 is 0. The largest absolute Gasteiger partial charge is 0.356 e. The van der Waals surface area contributed by atoms with E-state index in [2.05, 4.69) is 31.4 Å². The maximum Gasteiger partial charge on any atom is 0.220 e. The first-order chi connectivity index (χ1) is 9.03. The molecule has 2 fully saturated rings. The van der Waals surface area contributed by atoms with Crippen LogP contribution in [0.3, 0.4) is 0 Å². The standard InChI is InChI=1S/C16H30N2O.ClH/c1-12(2)16(6-7-16)11-18-15(19)9-13(3)14-5-4-8-17-10-14;/h12-14,17H,4-11H2,1-3H3,(H,18,19);1H. The number of piperidine rings is 1. The van der Waals surface area contributed by atoms with Crippen molar-refractivity contribution in [3.8, 4) is 0 Å². The van der Waals surface area contributed by atoms with Crippen LogP contribution in [0.2, 0.25) is 0 Å². The Morgan fingerprint density at radius 1 is 1.35 bits per heavy atom. The van der Waals surface area contributed by atoms with E-state index in [0.29, 0.717) is 29.6 Å². The molecule has 2 unspecified atom stereocenters. The molecule has 3 nitrogen and oxygen atoms in total. The van der Waals surface area contributed by atoms with Crippen LogP contribution in [0.4, 0.5) is 0 Å². The van der Waals surface area contributed by atoms with E-state index in [9.17, 15) is 4.79 Å². The minimum Gasteiger partial charge on any atom is -0.356 e. The van der Waals surface area contributed by atoms with Crippen LogP contribution in [0.1, 0.15) is 52.9 Å². The van der Waals surface area contributed by atoms with Gasteiger partial charge in [0.2, 0.25) is 5.91 Å². The van der Waals surface area contributed by atoms with Gasteiger partial charge in [0.1, 0.15) is 0 Å². The van der Waals surface area contributed by atoms with E-state index in [1.807, 2.05) is 0 Å². The number of amides is 1. The van der Waals surface area contributed by atoms with Crippen LogP contribution in [0.5, 0.6) is 0 Å². The number of nitrogens with one attached hydrogen (secondary N) is 2. The van der Waals surface area contributed by atoms with Gasteiger partial charge in [-0.1, -0.05) is 20.8 Å². The molecule has 1 aliphatic heterocycles. The Hall–Kier alpha value is -0.280. The second-order valence-electron chi connectivity index (χ2n) is 7.08. The van der Waals surface area contributed by atoms with Crippen molar-refractivity contribution in [3.63, 3.8) is 0 Å². The van der Waals surface area contributed by atoms with Gasteiger partial charge < -0.3 is 10.6 Å². The fourth-order valence-electron chi connectivity index (χ4n) is 3.29. The van der Waals surface area contributed by atoms with Gasteiger partial charge in [-0.3, -0.25) is 4.79 Å². The Morgan fingerprint density at radius 2 is 2.05 bits per heavy atom. The molecule has 1 aliphatic carbocycles. The number of carbonyl (C=O) groups excluding carboxylic acids is 1. The van der Waals surface area contributed by atoms with Gasteiger partial charge >= 0.3 is 0 Å². The Bertz CT molecular complexity index is 310. The van der Waals surface area contributed by atoms with Crippen LogP contribution in [-0.4, -0.2) is 25.5 Å². The zero-order valence-corrected chi connectivity index (χ0v) is 14.0. The van der Waals surface area contributed by atoms with Gasteiger partial charge in [-0.15, -0.1) is 12.4 Å². The maximum absolute atomic E-state index is 12.1. The van der Waals surface area contributed by atoms with Crippen molar-refractivity contribution < 1.29 is 4.79 Å². The molecular formula is C16H31ClN2O. The normalized spacial score (nSPS) is 25.7. The molecule has 0 radical (unpaired) electrons. The molecule has 0 aromatic heterocycles. The van der Waals surface area contributed by atoms with Gasteiger partial charge in [-0.05, 0) is 61.9 Å². The van der Waals surface area contributed by atoms with Gasteiger partial charge in [-0.25, -0.2) is 0 Å². The topological polar surface area (TPSA) is 41.1 Å². The Morgan fingerprint density at radius 3 is 2.55 bits per heavy atom. The zero-order chi connectivity index (χ0) is 13.9. The number of rotatable bonds is 6. The SMILES string of the molecule is CC(CC(=O)NCC1(C(C)C)CC1)C1CCCNC1.Cl. The molecule has 0 aromatic carbocycles. The van der Waals surface area contributed by atoms with E-state index in [1.165, 1.54) is 25.7 Å². The lowest BCUT2D eigenvalue weighted by molar-refractivity contribution is -0.122. The average Bonchev–Trinajstić information content (AvgIpc) is 3.18. The first-order valence-corrected chi connectivity index (χ1v) is 8.01. The molecule has 0 bridgehead atoms. The smallest absolute Gasteiger partial charge is 0.220 e. The van der Waals surface area contributed by atoms with Crippen molar-refractivity contribution in [2.45, 2.75) is 52.9 Å². The van der Waals surface area contributed by atoms with E-state index >= 15 is 0 Å². The molecule has 0 aromatic rings. The van der Waals surface area contributed by atoms with Crippen LogP contribution < -0.4 is 10.6 Å². The van der Waals surface area contributed by atoms with E-state index < -0.39 is 0 Å². The fourth-order valence-corrected chi connectivity index (χ4v) is 3.29. The Balaban J connectivity index is 0.00000200. The molecule has 1 heterocycles. The number of hydrogen-bond acceptors (Lipinski definition) is 2. The number of hydrogen-bond donors (Lipinski definition) is 2. The summed E-state index contributed by atoms with van der Waals surface area (Å²) in [5.74, 6) is 2.12. The number of carbonyl (C=O) groups is 1. The van der Waals surface area contributed by atoms with Crippen LogP contribution in [0.25, 0.3) is 0 Å². The third kappa shape index (κ3) is 4.63. The molecule has 2 atom stereocenters. The lowest BCUT2D eigenvalue weighted by Crippen LogP contribution is -2.37. The average molecular weight is 303 g/mol. The van der Waals surface area contributed by atoms with Gasteiger partial charge in [0, 0.05) is 13.0 Å². The van der Waals surface area contributed by atoms with Crippen molar-refractivity contribution in [1.29, 1.82) is 0 Å². The maximum atomic E-state index is 12.1. The van der Waals surface area contributed by atoms with Gasteiger partial charge in [-0.2, -0.15) is 0 Å². The highest BCUT2D eigenvalue weighted by Crippen LogP contribution is 2.51. The highest BCUT2D eigenvalue weighted by molar-refractivity contribution is 5.85. The quantitative estimate of drug-likeness (QED) is 0.792. The van der Waals surface area contributed by atoms with Crippen LogP contribution in [0.15, 0.2) is 0 Å². The molecule has 4 heteroatoms. The predicted octanol–water partition coefficient (Wildman–Crippen LogP) is 2.99. The minimum atomic E-state index is 0. The molecule has 0 spiro atoms. The van der Waals surface area contributed by atoms with E-state index in [-0.39, 0.29) is 18.3 Å². The molecular weight excluding hydrogens is 272 g/mol. The van der Waals surface area contributed by atoms with Crippen molar-refractivity contribution in [2.75, 3.05) is 19.6 Å². The summed E-state index contributed by atoms with van der Waals surface area (Å²) in [5, 5.41) is 6.62. The third-order valence-electron chi connectivity index (χ3n) is 5.40. The van der Waals surface area contributed by atoms with Crippen molar-refractivity contribution in [3.05, 3.63) is 0 Å². The van der Waals surface area contributed by atoms with Crippen molar-refractivity contribution in [1.82, 2.24) is 10.6 Å². The summed E-state index contributed by atoms with van der Waals surface area (Å²) in [6.45, 7) is 9.90. The Kier molecular flexibility index (Phi) is 6.80. The van der Waals surface area contributed by atoms with Gasteiger partial charge in [0.25, 0.3) is 0 Å². The second-order valence-corrected chi connectivity index (χ2v) is 7.08. The summed E-state index contributed by atoms with van der Waals surface area (Å²) in [7, 11) is 0. The molecule has 2 N–H and O–H groups in total.